The second-order valence-electron chi connectivity index (χ2n) is 3.37. The van der Waals surface area contributed by atoms with Crippen LogP contribution in [-0.2, 0) is 10.0 Å². The van der Waals surface area contributed by atoms with Gasteiger partial charge in [-0.15, -0.1) is 0 Å². The van der Waals surface area contributed by atoms with Gasteiger partial charge < -0.3 is 15.9 Å². The predicted molar refractivity (Wildman–Crippen MR) is 64.1 cm³/mol. The van der Waals surface area contributed by atoms with Gasteiger partial charge in [-0.25, -0.2) is 13.1 Å². The lowest BCUT2D eigenvalue weighted by Gasteiger charge is -2.11. The lowest BCUT2D eigenvalue weighted by Crippen LogP contribution is -2.34. The summed E-state index contributed by atoms with van der Waals surface area (Å²) in [4.78, 5) is -0.118. The Balaban J connectivity index is 2.90. The van der Waals surface area contributed by atoms with Crippen molar-refractivity contribution in [3.8, 4) is 0 Å². The third-order valence-corrected chi connectivity index (χ3v) is 3.71. The number of nitrogens with one attached hydrogen (secondary N) is 1. The van der Waals surface area contributed by atoms with Gasteiger partial charge in [0, 0.05) is 11.6 Å². The van der Waals surface area contributed by atoms with Gasteiger partial charge in [0.25, 0.3) is 0 Å². The molecule has 1 atom stereocenters. The SMILES string of the molecule is Nc1cc(Cl)ccc1S(=O)(=O)NCC(O)CO. The largest absolute Gasteiger partial charge is 0.398 e. The molecular formula is C9H13ClN2O4S. The summed E-state index contributed by atoms with van der Waals surface area (Å²) < 4.78 is 25.6. The summed E-state index contributed by atoms with van der Waals surface area (Å²) in [5, 5.41) is 17.9. The second kappa shape index (κ2) is 5.65. The number of nitrogen functional groups attached to an aromatic ring is 1. The maximum absolute atomic E-state index is 11.8. The molecule has 8 heteroatoms. The number of aliphatic hydroxyl groups is 2. The Morgan fingerprint density at radius 2 is 2.12 bits per heavy atom. The number of sulfonamides is 1. The third kappa shape index (κ3) is 3.83. The minimum atomic E-state index is -3.82. The highest BCUT2D eigenvalue weighted by Gasteiger charge is 2.18. The average Bonchev–Trinajstić information content (AvgIpc) is 2.25. The normalized spacial score (nSPS) is 13.6. The van der Waals surface area contributed by atoms with Crippen LogP contribution in [0, 0.1) is 0 Å². The van der Waals surface area contributed by atoms with E-state index in [0.717, 1.165) is 0 Å². The van der Waals surface area contributed by atoms with Gasteiger partial charge >= 0.3 is 0 Å². The minimum Gasteiger partial charge on any atom is -0.398 e. The van der Waals surface area contributed by atoms with Gasteiger partial charge in [0.05, 0.1) is 18.4 Å². The maximum Gasteiger partial charge on any atom is 0.242 e. The molecule has 0 bridgehead atoms. The molecule has 0 heterocycles. The van der Waals surface area contributed by atoms with Gasteiger partial charge in [-0.3, -0.25) is 0 Å². The average molecular weight is 281 g/mol. The molecule has 0 fully saturated rings. The molecule has 1 aromatic carbocycles. The fraction of sp³-hybridized carbons (Fsp3) is 0.333. The van der Waals surface area contributed by atoms with E-state index in [-0.39, 0.29) is 17.1 Å². The Hall–Kier alpha value is -0.860. The van der Waals surface area contributed by atoms with E-state index in [0.29, 0.717) is 5.02 Å². The fourth-order valence-electron chi connectivity index (χ4n) is 1.11. The summed E-state index contributed by atoms with van der Waals surface area (Å²) >= 11 is 5.65. The molecule has 0 aliphatic heterocycles. The summed E-state index contributed by atoms with van der Waals surface area (Å²) in [6.45, 7) is -0.820. The van der Waals surface area contributed by atoms with Crippen molar-refractivity contribution in [3.05, 3.63) is 23.2 Å². The van der Waals surface area contributed by atoms with E-state index in [1.807, 2.05) is 0 Å². The van der Waals surface area contributed by atoms with E-state index in [4.69, 9.17) is 27.5 Å². The van der Waals surface area contributed by atoms with Crippen molar-refractivity contribution < 1.29 is 18.6 Å². The molecule has 0 spiro atoms. The Bertz CT molecular complexity index is 492. The van der Waals surface area contributed by atoms with Crippen molar-refractivity contribution >= 4 is 27.3 Å². The molecule has 1 aromatic rings. The molecule has 0 radical (unpaired) electrons. The molecule has 1 rings (SSSR count). The second-order valence-corrected chi connectivity index (χ2v) is 5.54. The third-order valence-electron chi connectivity index (χ3n) is 1.98. The number of anilines is 1. The first-order valence-corrected chi connectivity index (χ1v) is 6.56. The van der Waals surface area contributed by atoms with Crippen molar-refractivity contribution in [2.45, 2.75) is 11.0 Å². The topological polar surface area (TPSA) is 113 Å². The van der Waals surface area contributed by atoms with Crippen molar-refractivity contribution in [2.75, 3.05) is 18.9 Å². The van der Waals surface area contributed by atoms with Gasteiger partial charge in [0.15, 0.2) is 0 Å². The molecule has 0 amide bonds. The number of rotatable bonds is 5. The van der Waals surface area contributed by atoms with E-state index in [1.165, 1.54) is 18.2 Å². The Morgan fingerprint density at radius 3 is 2.65 bits per heavy atom. The lowest BCUT2D eigenvalue weighted by molar-refractivity contribution is 0.0988. The van der Waals surface area contributed by atoms with E-state index in [2.05, 4.69) is 4.72 Å². The number of hydrogen-bond acceptors (Lipinski definition) is 5. The van der Waals surface area contributed by atoms with Crippen LogP contribution in [0.2, 0.25) is 5.02 Å². The highest BCUT2D eigenvalue weighted by molar-refractivity contribution is 7.89. The zero-order chi connectivity index (χ0) is 13.1. The van der Waals surface area contributed by atoms with Gasteiger partial charge in [0.1, 0.15) is 4.90 Å². The van der Waals surface area contributed by atoms with Crippen LogP contribution in [0.4, 0.5) is 5.69 Å². The highest BCUT2D eigenvalue weighted by atomic mass is 35.5. The van der Waals surface area contributed by atoms with Gasteiger partial charge in [-0.05, 0) is 18.2 Å². The molecule has 0 aliphatic rings. The first kappa shape index (κ1) is 14.2. The van der Waals surface area contributed by atoms with Crippen molar-refractivity contribution in [2.24, 2.45) is 0 Å². The molecule has 0 saturated carbocycles. The Kier molecular flexibility index (Phi) is 4.72. The first-order valence-electron chi connectivity index (χ1n) is 4.70. The zero-order valence-corrected chi connectivity index (χ0v) is 10.4. The summed E-state index contributed by atoms with van der Waals surface area (Å²) in [6.07, 6.45) is -1.15. The molecule has 17 heavy (non-hydrogen) atoms. The lowest BCUT2D eigenvalue weighted by atomic mass is 10.3. The van der Waals surface area contributed by atoms with E-state index in [1.54, 1.807) is 0 Å². The minimum absolute atomic E-state index is 0.0171. The fourth-order valence-corrected chi connectivity index (χ4v) is 2.48. The molecule has 96 valence electrons. The summed E-state index contributed by atoms with van der Waals surface area (Å²) in [6, 6.07) is 3.98. The number of benzene rings is 1. The first-order chi connectivity index (χ1) is 7.86. The molecule has 5 N–H and O–H groups in total. The van der Waals surface area contributed by atoms with Gasteiger partial charge in [-0.1, -0.05) is 11.6 Å². The zero-order valence-electron chi connectivity index (χ0n) is 8.80. The molecule has 6 nitrogen and oxygen atoms in total. The van der Waals surface area contributed by atoms with E-state index in [9.17, 15) is 8.42 Å². The molecule has 0 aromatic heterocycles. The summed E-state index contributed by atoms with van der Waals surface area (Å²) in [5.41, 5.74) is 5.55. The quantitative estimate of drug-likeness (QED) is 0.546. The number of nitrogens with two attached hydrogens (primary N) is 1. The predicted octanol–water partition coefficient (Wildman–Crippen LogP) is -0.446. The number of halogens is 1. The van der Waals surface area contributed by atoms with Crippen LogP contribution in [-0.4, -0.2) is 37.9 Å². The van der Waals surface area contributed by atoms with Gasteiger partial charge in [-0.2, -0.15) is 0 Å². The smallest absolute Gasteiger partial charge is 0.242 e. The summed E-state index contributed by atoms with van der Waals surface area (Å²) in [5.74, 6) is 0. The summed E-state index contributed by atoms with van der Waals surface area (Å²) in [7, 11) is -3.82. The van der Waals surface area contributed by atoms with Crippen molar-refractivity contribution in [1.29, 1.82) is 0 Å². The molecule has 0 saturated heterocycles. The molecule has 0 aliphatic carbocycles. The Labute approximate surface area is 104 Å². The van der Waals surface area contributed by atoms with Crippen LogP contribution in [0.15, 0.2) is 23.1 Å². The van der Waals surface area contributed by atoms with Gasteiger partial charge in [0.2, 0.25) is 10.0 Å². The standard InChI is InChI=1S/C9H13ClN2O4S/c10-6-1-2-9(8(11)3-6)17(15,16)12-4-7(14)5-13/h1-3,7,12-14H,4-5,11H2. The molecule has 1 unspecified atom stereocenters. The van der Waals surface area contributed by atoms with Crippen LogP contribution in [0.25, 0.3) is 0 Å². The van der Waals surface area contributed by atoms with Crippen LogP contribution < -0.4 is 10.5 Å². The van der Waals surface area contributed by atoms with Crippen LogP contribution >= 0.6 is 11.6 Å². The molecular weight excluding hydrogens is 268 g/mol. The van der Waals surface area contributed by atoms with Crippen molar-refractivity contribution in [1.82, 2.24) is 4.72 Å². The Morgan fingerprint density at radius 1 is 1.47 bits per heavy atom. The maximum atomic E-state index is 11.8. The van der Waals surface area contributed by atoms with Crippen LogP contribution in [0.1, 0.15) is 0 Å². The number of hydrogen-bond donors (Lipinski definition) is 4. The number of aliphatic hydroxyl groups excluding tert-OH is 2. The highest BCUT2D eigenvalue weighted by Crippen LogP contribution is 2.22. The van der Waals surface area contributed by atoms with E-state index >= 15 is 0 Å². The van der Waals surface area contributed by atoms with Crippen LogP contribution in [0.5, 0.6) is 0 Å². The monoisotopic (exact) mass is 280 g/mol. The van der Waals surface area contributed by atoms with E-state index < -0.39 is 22.7 Å². The van der Waals surface area contributed by atoms with Crippen LogP contribution in [0.3, 0.4) is 0 Å². The van der Waals surface area contributed by atoms with Crippen molar-refractivity contribution in [3.63, 3.8) is 0 Å².